The zero-order valence-electron chi connectivity index (χ0n) is 13.1. The van der Waals surface area contributed by atoms with Crippen molar-refractivity contribution in [2.45, 2.75) is 6.54 Å². The Morgan fingerprint density at radius 1 is 1.19 bits per heavy atom. The van der Waals surface area contributed by atoms with Crippen molar-refractivity contribution in [3.05, 3.63) is 74.4 Å². The van der Waals surface area contributed by atoms with Crippen molar-refractivity contribution >= 4 is 34.7 Å². The summed E-state index contributed by atoms with van der Waals surface area (Å²) in [5.74, 6) is -1.45. The van der Waals surface area contributed by atoms with E-state index in [0.717, 1.165) is 17.0 Å². The molecule has 0 bridgehead atoms. The fourth-order valence-electron chi connectivity index (χ4n) is 2.34. The fourth-order valence-corrected chi connectivity index (χ4v) is 3.17. The Hall–Kier alpha value is -3.20. The van der Waals surface area contributed by atoms with Crippen molar-refractivity contribution in [2.24, 2.45) is 0 Å². The number of halogens is 1. The van der Waals surface area contributed by atoms with E-state index in [1.807, 2.05) is 0 Å². The summed E-state index contributed by atoms with van der Waals surface area (Å²) >= 11 is 0.710. The van der Waals surface area contributed by atoms with Crippen LogP contribution in [0.25, 0.3) is 6.08 Å². The third kappa shape index (κ3) is 3.57. The number of phenols is 1. The molecular weight excluding hydrogens is 363 g/mol. The Kier molecular flexibility index (Phi) is 4.72. The maximum atomic E-state index is 12.9. The van der Waals surface area contributed by atoms with Crippen molar-refractivity contribution in [1.29, 1.82) is 0 Å². The monoisotopic (exact) mass is 374 g/mol. The van der Waals surface area contributed by atoms with Crippen LogP contribution in [0.1, 0.15) is 11.1 Å². The predicted molar refractivity (Wildman–Crippen MR) is 92.7 cm³/mol. The second kappa shape index (κ2) is 6.96. The van der Waals surface area contributed by atoms with Gasteiger partial charge in [0.25, 0.3) is 11.1 Å². The molecule has 2 aromatic rings. The molecule has 0 aliphatic carbocycles. The number of benzene rings is 2. The number of imide groups is 1. The van der Waals surface area contributed by atoms with Crippen molar-refractivity contribution in [3.63, 3.8) is 0 Å². The Labute approximate surface area is 150 Å². The van der Waals surface area contributed by atoms with E-state index in [4.69, 9.17) is 0 Å². The topological polar surface area (TPSA) is 101 Å². The molecule has 2 aromatic carbocycles. The van der Waals surface area contributed by atoms with Crippen molar-refractivity contribution in [2.75, 3.05) is 0 Å². The zero-order valence-corrected chi connectivity index (χ0v) is 13.9. The lowest BCUT2D eigenvalue weighted by Gasteiger charge is -2.12. The summed E-state index contributed by atoms with van der Waals surface area (Å²) in [6, 6.07) is 9.09. The fraction of sp³-hybridized carbons (Fsp3) is 0.0588. The molecule has 0 unspecified atom stereocenters. The van der Waals surface area contributed by atoms with E-state index < -0.39 is 33.3 Å². The van der Waals surface area contributed by atoms with Crippen molar-refractivity contribution < 1.29 is 24.0 Å². The zero-order chi connectivity index (χ0) is 18.8. The number of nitro groups is 1. The minimum atomic E-state index is -0.743. The van der Waals surface area contributed by atoms with E-state index in [0.29, 0.717) is 22.9 Å². The van der Waals surface area contributed by atoms with Crippen LogP contribution in [0.4, 0.5) is 14.9 Å². The molecule has 1 aliphatic rings. The van der Waals surface area contributed by atoms with Crippen molar-refractivity contribution in [3.8, 4) is 5.75 Å². The average Bonchev–Trinajstić information content (AvgIpc) is 2.85. The number of carbonyl (C=O) groups is 2. The number of thioether (sulfide) groups is 1. The molecule has 0 radical (unpaired) electrons. The lowest BCUT2D eigenvalue weighted by molar-refractivity contribution is -0.385. The van der Waals surface area contributed by atoms with E-state index in [2.05, 4.69) is 0 Å². The molecule has 1 aliphatic heterocycles. The van der Waals surface area contributed by atoms with Crippen LogP contribution in [0, 0.1) is 15.9 Å². The molecule has 132 valence electrons. The quantitative estimate of drug-likeness (QED) is 0.498. The SMILES string of the molecule is O=C1S/C(=C\c2ccc(O)c([N+](=O)[O-])c2)C(=O)N1Cc1ccc(F)cc1. The first-order valence-corrected chi connectivity index (χ1v) is 8.14. The van der Waals surface area contributed by atoms with Gasteiger partial charge in [0.2, 0.25) is 0 Å². The van der Waals surface area contributed by atoms with Crippen LogP contribution < -0.4 is 0 Å². The predicted octanol–water partition coefficient (Wildman–Crippen LogP) is 3.68. The molecule has 9 heteroatoms. The molecule has 3 rings (SSSR count). The van der Waals surface area contributed by atoms with Crippen LogP contribution in [-0.2, 0) is 11.3 Å². The first kappa shape index (κ1) is 17.6. The van der Waals surface area contributed by atoms with Gasteiger partial charge in [-0.25, -0.2) is 4.39 Å². The summed E-state index contributed by atoms with van der Waals surface area (Å²) in [5, 5.41) is 19.8. The molecule has 1 saturated heterocycles. The van der Waals surface area contributed by atoms with E-state index in [-0.39, 0.29) is 11.4 Å². The highest BCUT2D eigenvalue weighted by Gasteiger charge is 2.35. The molecule has 1 fully saturated rings. The Morgan fingerprint density at radius 3 is 2.54 bits per heavy atom. The summed E-state index contributed by atoms with van der Waals surface area (Å²) in [6.45, 7) is -0.00197. The van der Waals surface area contributed by atoms with E-state index in [9.17, 15) is 29.2 Å². The maximum absolute atomic E-state index is 12.9. The summed E-state index contributed by atoms with van der Waals surface area (Å²) in [4.78, 5) is 35.8. The molecule has 1 heterocycles. The first-order valence-electron chi connectivity index (χ1n) is 7.32. The Bertz CT molecular complexity index is 943. The standard InChI is InChI=1S/C17H11FN2O5S/c18-12-4-1-10(2-5-12)9-19-16(22)15(26-17(19)23)8-11-3-6-14(21)13(7-11)20(24)25/h1-8,21H,9H2/b15-8-. The van der Waals surface area contributed by atoms with E-state index in [1.54, 1.807) is 0 Å². The summed E-state index contributed by atoms with van der Waals surface area (Å²) < 4.78 is 12.9. The first-order chi connectivity index (χ1) is 12.3. The third-order valence-electron chi connectivity index (χ3n) is 3.62. The van der Waals surface area contributed by atoms with Gasteiger partial charge in [0, 0.05) is 6.07 Å². The highest BCUT2D eigenvalue weighted by atomic mass is 32.2. The number of carbonyl (C=O) groups excluding carboxylic acids is 2. The van der Waals surface area contributed by atoms with Gasteiger partial charge in [0.05, 0.1) is 16.4 Å². The minimum Gasteiger partial charge on any atom is -0.502 e. The van der Waals surface area contributed by atoms with Gasteiger partial charge < -0.3 is 5.11 Å². The van der Waals surface area contributed by atoms with Gasteiger partial charge in [-0.15, -0.1) is 0 Å². The summed E-state index contributed by atoms with van der Waals surface area (Å²) in [6.07, 6.45) is 1.35. The molecule has 0 atom stereocenters. The number of rotatable bonds is 4. The van der Waals surface area contributed by atoms with Crippen LogP contribution in [0.3, 0.4) is 0 Å². The molecule has 7 nitrogen and oxygen atoms in total. The minimum absolute atomic E-state index is 0.00197. The average molecular weight is 374 g/mol. The number of nitrogens with zero attached hydrogens (tertiary/aromatic N) is 2. The normalized spacial score (nSPS) is 15.7. The van der Waals surface area contributed by atoms with Crippen LogP contribution in [0.2, 0.25) is 0 Å². The van der Waals surface area contributed by atoms with Gasteiger partial charge in [-0.05, 0) is 47.2 Å². The number of hydrogen-bond donors (Lipinski definition) is 1. The number of hydrogen-bond acceptors (Lipinski definition) is 6. The molecular formula is C17H11FN2O5S. The van der Waals surface area contributed by atoms with Crippen LogP contribution >= 0.6 is 11.8 Å². The molecule has 0 spiro atoms. The van der Waals surface area contributed by atoms with Crippen LogP contribution in [0.15, 0.2) is 47.4 Å². The largest absolute Gasteiger partial charge is 0.502 e. The van der Waals surface area contributed by atoms with Crippen LogP contribution in [-0.4, -0.2) is 26.1 Å². The van der Waals surface area contributed by atoms with Gasteiger partial charge in [-0.3, -0.25) is 24.6 Å². The molecule has 0 saturated carbocycles. The number of nitro benzene ring substituents is 1. The molecule has 26 heavy (non-hydrogen) atoms. The molecule has 0 aromatic heterocycles. The van der Waals surface area contributed by atoms with Crippen LogP contribution in [0.5, 0.6) is 5.75 Å². The number of phenolic OH excluding ortho intramolecular Hbond substituents is 1. The van der Waals surface area contributed by atoms with Gasteiger partial charge >= 0.3 is 5.69 Å². The Balaban J connectivity index is 1.84. The maximum Gasteiger partial charge on any atom is 0.311 e. The molecule has 1 N–H and O–H groups in total. The van der Waals surface area contributed by atoms with Gasteiger partial charge in [0.15, 0.2) is 5.75 Å². The lowest BCUT2D eigenvalue weighted by Crippen LogP contribution is -2.27. The second-order valence-electron chi connectivity index (χ2n) is 5.40. The highest BCUT2D eigenvalue weighted by Crippen LogP contribution is 2.34. The number of aromatic hydroxyl groups is 1. The van der Waals surface area contributed by atoms with E-state index in [1.165, 1.54) is 36.4 Å². The Morgan fingerprint density at radius 2 is 1.88 bits per heavy atom. The molecule has 2 amide bonds. The smallest absolute Gasteiger partial charge is 0.311 e. The van der Waals surface area contributed by atoms with Crippen molar-refractivity contribution in [1.82, 2.24) is 4.90 Å². The summed E-state index contributed by atoms with van der Waals surface area (Å²) in [5.41, 5.74) is 0.404. The second-order valence-corrected chi connectivity index (χ2v) is 6.39. The number of amides is 2. The highest BCUT2D eigenvalue weighted by molar-refractivity contribution is 8.18. The lowest BCUT2D eigenvalue weighted by atomic mass is 10.1. The summed E-state index contributed by atoms with van der Waals surface area (Å²) in [7, 11) is 0. The van der Waals surface area contributed by atoms with Gasteiger partial charge in [-0.1, -0.05) is 18.2 Å². The van der Waals surface area contributed by atoms with E-state index >= 15 is 0 Å². The van der Waals surface area contributed by atoms with Gasteiger partial charge in [-0.2, -0.15) is 0 Å². The van der Waals surface area contributed by atoms with Gasteiger partial charge in [0.1, 0.15) is 5.82 Å². The third-order valence-corrected chi connectivity index (χ3v) is 4.53.